The van der Waals surface area contributed by atoms with Crippen LogP contribution in [0.4, 0.5) is 9.18 Å². The lowest BCUT2D eigenvalue weighted by Crippen LogP contribution is -2.37. The standard InChI is InChI=1S/C14H19ClFNO5S/c1-14(2,3)22-13(18)17-12(8-21-23(4,19)20)9-5-10(15)7-11(16)6-9/h5-7,12H,8H2,1-4H3,(H,17,18)/t12-/m0/s1. The number of carbonyl (C=O) groups excluding carboxylic acids is 1. The minimum Gasteiger partial charge on any atom is -0.444 e. The van der Waals surface area contributed by atoms with Crippen LogP contribution in [0.15, 0.2) is 18.2 Å². The van der Waals surface area contributed by atoms with E-state index < -0.39 is 40.3 Å². The monoisotopic (exact) mass is 367 g/mol. The molecule has 0 saturated carbocycles. The van der Waals surface area contributed by atoms with Crippen molar-refractivity contribution in [1.29, 1.82) is 0 Å². The molecule has 0 fully saturated rings. The third-order valence-electron chi connectivity index (χ3n) is 2.43. The molecule has 0 unspecified atom stereocenters. The summed E-state index contributed by atoms with van der Waals surface area (Å²) in [6, 6.07) is 2.66. The minimum atomic E-state index is -3.74. The molecule has 1 aromatic carbocycles. The van der Waals surface area contributed by atoms with Crippen LogP contribution in [-0.4, -0.2) is 33.0 Å². The van der Waals surface area contributed by atoms with Crippen LogP contribution in [0.1, 0.15) is 32.4 Å². The van der Waals surface area contributed by atoms with Gasteiger partial charge in [-0.05, 0) is 44.5 Å². The number of hydrogen-bond acceptors (Lipinski definition) is 5. The first-order chi connectivity index (χ1) is 10.4. The fourth-order valence-corrected chi connectivity index (χ4v) is 2.25. The summed E-state index contributed by atoms with van der Waals surface area (Å²) < 4.78 is 45.6. The number of amides is 1. The molecule has 0 spiro atoms. The van der Waals surface area contributed by atoms with E-state index in [1.54, 1.807) is 20.8 Å². The minimum absolute atomic E-state index is 0.107. The van der Waals surface area contributed by atoms with Crippen LogP contribution in [0.3, 0.4) is 0 Å². The number of ether oxygens (including phenoxy) is 1. The van der Waals surface area contributed by atoms with Gasteiger partial charge in [0.25, 0.3) is 10.1 Å². The Morgan fingerprint density at radius 2 is 1.96 bits per heavy atom. The average Bonchev–Trinajstić information content (AvgIpc) is 2.29. The number of benzene rings is 1. The number of alkyl carbamates (subject to hydrolysis) is 1. The van der Waals surface area contributed by atoms with E-state index in [2.05, 4.69) is 5.32 Å². The van der Waals surface area contributed by atoms with Gasteiger partial charge in [0.05, 0.1) is 18.9 Å². The molecule has 0 heterocycles. The SMILES string of the molecule is CC(C)(C)OC(=O)N[C@@H](COS(C)(=O)=O)c1cc(F)cc(Cl)c1. The van der Waals surface area contributed by atoms with Crippen molar-refractivity contribution in [3.05, 3.63) is 34.6 Å². The third kappa shape index (κ3) is 8.15. The van der Waals surface area contributed by atoms with E-state index in [0.29, 0.717) is 0 Å². The van der Waals surface area contributed by atoms with E-state index in [1.807, 2.05) is 0 Å². The van der Waals surface area contributed by atoms with E-state index in [9.17, 15) is 17.6 Å². The summed E-state index contributed by atoms with van der Waals surface area (Å²) in [5.74, 6) is -0.622. The zero-order valence-corrected chi connectivity index (χ0v) is 14.8. The summed E-state index contributed by atoms with van der Waals surface area (Å²) in [4.78, 5) is 11.9. The predicted octanol–water partition coefficient (Wildman–Crippen LogP) is 3.02. The first kappa shape index (κ1) is 19.7. The van der Waals surface area contributed by atoms with Gasteiger partial charge in [-0.1, -0.05) is 11.6 Å². The van der Waals surface area contributed by atoms with Crippen molar-refractivity contribution >= 4 is 27.8 Å². The Balaban J connectivity index is 2.99. The van der Waals surface area contributed by atoms with Crippen LogP contribution in [0.2, 0.25) is 5.02 Å². The van der Waals surface area contributed by atoms with E-state index in [-0.39, 0.29) is 10.6 Å². The lowest BCUT2D eigenvalue weighted by molar-refractivity contribution is 0.0487. The first-order valence-electron chi connectivity index (χ1n) is 6.65. The van der Waals surface area contributed by atoms with Crippen molar-refractivity contribution in [2.45, 2.75) is 32.4 Å². The molecule has 130 valence electrons. The Morgan fingerprint density at radius 3 is 2.43 bits per heavy atom. The van der Waals surface area contributed by atoms with Gasteiger partial charge >= 0.3 is 6.09 Å². The zero-order valence-electron chi connectivity index (χ0n) is 13.2. The van der Waals surface area contributed by atoms with E-state index in [0.717, 1.165) is 18.4 Å². The Labute approximate surface area is 140 Å². The van der Waals surface area contributed by atoms with Gasteiger partial charge in [0, 0.05) is 5.02 Å². The molecule has 9 heteroatoms. The maximum absolute atomic E-state index is 13.5. The lowest BCUT2D eigenvalue weighted by atomic mass is 10.1. The molecule has 1 rings (SSSR count). The third-order valence-corrected chi connectivity index (χ3v) is 3.21. The maximum Gasteiger partial charge on any atom is 0.408 e. The van der Waals surface area contributed by atoms with Gasteiger partial charge in [-0.3, -0.25) is 4.18 Å². The molecule has 0 saturated heterocycles. The molecular weight excluding hydrogens is 349 g/mol. The molecule has 0 radical (unpaired) electrons. The van der Waals surface area contributed by atoms with Gasteiger partial charge in [-0.2, -0.15) is 8.42 Å². The highest BCUT2D eigenvalue weighted by atomic mass is 35.5. The molecule has 1 atom stereocenters. The second-order valence-corrected chi connectivity index (χ2v) is 7.97. The van der Waals surface area contributed by atoms with Crippen LogP contribution in [0.25, 0.3) is 0 Å². The van der Waals surface area contributed by atoms with Crippen molar-refractivity contribution in [2.24, 2.45) is 0 Å². The Morgan fingerprint density at radius 1 is 1.35 bits per heavy atom. The molecule has 1 aromatic rings. The molecule has 0 aliphatic rings. The van der Waals surface area contributed by atoms with E-state index >= 15 is 0 Å². The van der Waals surface area contributed by atoms with Gasteiger partial charge in [-0.25, -0.2) is 9.18 Å². The molecule has 1 N–H and O–H groups in total. The van der Waals surface area contributed by atoms with Gasteiger partial charge in [0.2, 0.25) is 0 Å². The number of carbonyl (C=O) groups is 1. The number of hydrogen-bond donors (Lipinski definition) is 1. The van der Waals surface area contributed by atoms with Gasteiger partial charge < -0.3 is 10.1 Å². The topological polar surface area (TPSA) is 81.7 Å². The first-order valence-corrected chi connectivity index (χ1v) is 8.85. The van der Waals surface area contributed by atoms with Crippen molar-refractivity contribution < 1.29 is 26.5 Å². The molecule has 0 aliphatic heterocycles. The summed E-state index contributed by atoms with van der Waals surface area (Å²) in [5.41, 5.74) is -0.490. The molecule has 23 heavy (non-hydrogen) atoms. The van der Waals surface area contributed by atoms with E-state index in [1.165, 1.54) is 6.07 Å². The molecule has 0 aliphatic carbocycles. The summed E-state index contributed by atoms with van der Waals surface area (Å²) in [7, 11) is -3.74. The van der Waals surface area contributed by atoms with Crippen molar-refractivity contribution in [3.8, 4) is 0 Å². The summed E-state index contributed by atoms with van der Waals surface area (Å²) in [6.07, 6.45) is 0.0794. The molecule has 1 amide bonds. The van der Waals surface area contributed by atoms with Gasteiger partial charge in [-0.15, -0.1) is 0 Å². The Bertz CT molecular complexity index is 652. The van der Waals surface area contributed by atoms with Crippen molar-refractivity contribution in [1.82, 2.24) is 5.32 Å². The van der Waals surface area contributed by atoms with Crippen LogP contribution < -0.4 is 5.32 Å². The molecular formula is C14H19ClFNO5S. The van der Waals surface area contributed by atoms with Gasteiger partial charge in [0.15, 0.2) is 0 Å². The highest BCUT2D eigenvalue weighted by Gasteiger charge is 2.22. The largest absolute Gasteiger partial charge is 0.444 e. The van der Waals surface area contributed by atoms with Gasteiger partial charge in [0.1, 0.15) is 11.4 Å². The number of rotatable bonds is 5. The highest BCUT2D eigenvalue weighted by Crippen LogP contribution is 2.21. The van der Waals surface area contributed by atoms with E-state index in [4.69, 9.17) is 20.5 Å². The fourth-order valence-electron chi connectivity index (χ4n) is 1.64. The van der Waals surface area contributed by atoms with Crippen molar-refractivity contribution in [2.75, 3.05) is 12.9 Å². The number of halogens is 2. The average molecular weight is 368 g/mol. The second kappa shape index (κ2) is 7.46. The quantitative estimate of drug-likeness (QED) is 0.809. The Kier molecular flexibility index (Phi) is 6.38. The summed E-state index contributed by atoms with van der Waals surface area (Å²) in [6.45, 7) is 4.60. The molecule has 0 aromatic heterocycles. The van der Waals surface area contributed by atoms with Crippen LogP contribution in [-0.2, 0) is 19.0 Å². The molecule has 6 nitrogen and oxygen atoms in total. The maximum atomic E-state index is 13.5. The smallest absolute Gasteiger partial charge is 0.408 e. The summed E-state index contributed by atoms with van der Waals surface area (Å²) >= 11 is 5.78. The van der Waals surface area contributed by atoms with Crippen LogP contribution in [0, 0.1) is 5.82 Å². The zero-order chi connectivity index (χ0) is 17.8. The van der Waals surface area contributed by atoms with Crippen LogP contribution in [0.5, 0.6) is 0 Å². The van der Waals surface area contributed by atoms with Crippen molar-refractivity contribution in [3.63, 3.8) is 0 Å². The summed E-state index contributed by atoms with van der Waals surface area (Å²) in [5, 5.41) is 2.55. The number of nitrogens with one attached hydrogen (secondary N) is 1. The second-order valence-electron chi connectivity index (χ2n) is 5.89. The van der Waals surface area contributed by atoms with Crippen LogP contribution >= 0.6 is 11.6 Å². The fraction of sp³-hybridized carbons (Fsp3) is 0.500. The molecule has 0 bridgehead atoms. The highest BCUT2D eigenvalue weighted by molar-refractivity contribution is 7.85. The lowest BCUT2D eigenvalue weighted by Gasteiger charge is -2.23. The predicted molar refractivity (Wildman–Crippen MR) is 84.3 cm³/mol. The Hall–Kier alpha value is -1.38. The normalized spacial score (nSPS) is 13.5.